The summed E-state index contributed by atoms with van der Waals surface area (Å²) in [5, 5.41) is 12.6. The average molecular weight is 318 g/mol. The van der Waals surface area contributed by atoms with Gasteiger partial charge < -0.3 is 10.4 Å². The van der Waals surface area contributed by atoms with Gasteiger partial charge in [0.25, 0.3) is 5.91 Å². The van der Waals surface area contributed by atoms with Crippen molar-refractivity contribution in [3.05, 3.63) is 70.7 Å². The van der Waals surface area contributed by atoms with E-state index in [4.69, 9.17) is 11.6 Å². The largest absolute Gasteiger partial charge is 0.396 e. The van der Waals surface area contributed by atoms with Crippen LogP contribution in [0.5, 0.6) is 0 Å². The molecular formula is C18H20ClNO2. The van der Waals surface area contributed by atoms with E-state index >= 15 is 0 Å². The van der Waals surface area contributed by atoms with Crippen LogP contribution in [0.4, 0.5) is 0 Å². The number of hydrogen-bond acceptors (Lipinski definition) is 2. The van der Waals surface area contributed by atoms with Gasteiger partial charge in [-0.1, -0.05) is 54.1 Å². The summed E-state index contributed by atoms with van der Waals surface area (Å²) >= 11 is 6.01. The van der Waals surface area contributed by atoms with Gasteiger partial charge >= 0.3 is 0 Å². The van der Waals surface area contributed by atoms with Gasteiger partial charge in [0.15, 0.2) is 0 Å². The Labute approximate surface area is 135 Å². The summed E-state index contributed by atoms with van der Waals surface area (Å²) in [6.45, 7) is 0.682. The Hall–Kier alpha value is -1.84. The first-order valence-corrected chi connectivity index (χ1v) is 7.78. The highest BCUT2D eigenvalue weighted by atomic mass is 35.5. The molecule has 0 aliphatic carbocycles. The van der Waals surface area contributed by atoms with Gasteiger partial charge in [-0.15, -0.1) is 0 Å². The van der Waals surface area contributed by atoms with Crippen molar-refractivity contribution in [3.8, 4) is 0 Å². The van der Waals surface area contributed by atoms with Crippen molar-refractivity contribution in [2.45, 2.75) is 18.8 Å². The molecule has 0 radical (unpaired) electrons. The number of amides is 1. The second kappa shape index (κ2) is 8.57. The molecule has 0 spiro atoms. The molecule has 2 N–H and O–H groups in total. The Kier molecular flexibility index (Phi) is 6.44. The third-order valence-corrected chi connectivity index (χ3v) is 3.97. The number of benzene rings is 2. The third-order valence-electron chi connectivity index (χ3n) is 3.65. The highest BCUT2D eigenvalue weighted by Gasteiger charge is 2.13. The van der Waals surface area contributed by atoms with Crippen LogP contribution in [0.25, 0.3) is 0 Å². The molecule has 2 aromatic carbocycles. The van der Waals surface area contributed by atoms with Gasteiger partial charge in [-0.3, -0.25) is 4.79 Å². The fraction of sp³-hybridized carbons (Fsp3) is 0.278. The maximum Gasteiger partial charge on any atom is 0.252 e. The molecule has 0 saturated carbocycles. The van der Waals surface area contributed by atoms with E-state index in [1.165, 1.54) is 5.56 Å². The van der Waals surface area contributed by atoms with Crippen LogP contribution in [0.15, 0.2) is 54.6 Å². The summed E-state index contributed by atoms with van der Waals surface area (Å²) in [4.78, 5) is 12.1. The number of halogens is 1. The van der Waals surface area contributed by atoms with Crippen LogP contribution >= 0.6 is 11.6 Å². The second-order valence-electron chi connectivity index (χ2n) is 5.14. The van der Waals surface area contributed by atoms with Crippen LogP contribution in [0.2, 0.25) is 5.02 Å². The van der Waals surface area contributed by atoms with E-state index < -0.39 is 0 Å². The second-order valence-corrected chi connectivity index (χ2v) is 5.55. The zero-order valence-corrected chi connectivity index (χ0v) is 13.1. The molecule has 4 heteroatoms. The first kappa shape index (κ1) is 16.5. The van der Waals surface area contributed by atoms with Crippen molar-refractivity contribution in [1.82, 2.24) is 5.32 Å². The molecule has 0 aromatic heterocycles. The Morgan fingerprint density at radius 2 is 1.73 bits per heavy atom. The van der Waals surface area contributed by atoms with E-state index in [-0.39, 0.29) is 18.4 Å². The predicted octanol–water partition coefficient (Wildman–Crippen LogP) is 3.63. The molecule has 0 fully saturated rings. The lowest BCUT2D eigenvalue weighted by Gasteiger charge is -2.16. The molecule has 3 nitrogen and oxygen atoms in total. The van der Waals surface area contributed by atoms with E-state index in [0.29, 0.717) is 23.6 Å². The van der Waals surface area contributed by atoms with Crippen molar-refractivity contribution in [1.29, 1.82) is 0 Å². The monoisotopic (exact) mass is 317 g/mol. The van der Waals surface area contributed by atoms with E-state index in [1.54, 1.807) is 24.3 Å². The summed E-state index contributed by atoms with van der Waals surface area (Å²) in [6.07, 6.45) is 1.47. The first-order chi connectivity index (χ1) is 10.7. The molecule has 0 unspecified atom stereocenters. The summed E-state index contributed by atoms with van der Waals surface area (Å²) < 4.78 is 0. The summed E-state index contributed by atoms with van der Waals surface area (Å²) in [6, 6.07) is 17.1. The first-order valence-electron chi connectivity index (χ1n) is 7.41. The molecule has 0 saturated heterocycles. The number of aliphatic hydroxyl groups excluding tert-OH is 1. The smallest absolute Gasteiger partial charge is 0.252 e. The molecule has 1 atom stereocenters. The third kappa shape index (κ3) is 4.58. The minimum absolute atomic E-state index is 0.137. The average Bonchev–Trinajstić information content (AvgIpc) is 2.55. The van der Waals surface area contributed by atoms with Gasteiger partial charge in [-0.05, 0) is 36.5 Å². The van der Waals surface area contributed by atoms with Crippen molar-refractivity contribution < 1.29 is 9.90 Å². The number of carbonyl (C=O) groups excluding carboxylic acids is 1. The Morgan fingerprint density at radius 3 is 2.41 bits per heavy atom. The Morgan fingerprint density at radius 1 is 1.05 bits per heavy atom. The van der Waals surface area contributed by atoms with E-state index in [0.717, 1.165) is 6.42 Å². The van der Waals surface area contributed by atoms with Gasteiger partial charge in [0.2, 0.25) is 0 Å². The summed E-state index contributed by atoms with van der Waals surface area (Å²) in [5.74, 6) is 0.0687. The van der Waals surface area contributed by atoms with Crippen LogP contribution in [0.1, 0.15) is 34.7 Å². The van der Waals surface area contributed by atoms with Crippen LogP contribution in [-0.2, 0) is 0 Å². The maximum absolute atomic E-state index is 12.1. The van der Waals surface area contributed by atoms with Gasteiger partial charge in [0, 0.05) is 13.2 Å². The van der Waals surface area contributed by atoms with Gasteiger partial charge in [0.05, 0.1) is 10.6 Å². The van der Waals surface area contributed by atoms with E-state index in [9.17, 15) is 9.90 Å². The molecule has 22 heavy (non-hydrogen) atoms. The van der Waals surface area contributed by atoms with Crippen LogP contribution in [-0.4, -0.2) is 24.2 Å². The van der Waals surface area contributed by atoms with Crippen LogP contribution in [0.3, 0.4) is 0 Å². The zero-order valence-electron chi connectivity index (χ0n) is 12.3. The number of aliphatic hydroxyl groups is 1. The lowest BCUT2D eigenvalue weighted by atomic mass is 9.93. The van der Waals surface area contributed by atoms with Crippen LogP contribution < -0.4 is 5.32 Å². The number of nitrogens with one attached hydrogen (secondary N) is 1. The number of carbonyl (C=O) groups is 1. The normalized spacial score (nSPS) is 11.9. The zero-order chi connectivity index (χ0) is 15.8. The number of hydrogen-bond donors (Lipinski definition) is 2. The minimum Gasteiger partial charge on any atom is -0.396 e. The highest BCUT2D eigenvalue weighted by molar-refractivity contribution is 6.33. The number of rotatable bonds is 7. The SMILES string of the molecule is O=C(NCC[C@H](CCO)c1ccccc1)c1ccccc1Cl. The van der Waals surface area contributed by atoms with Gasteiger partial charge in [0.1, 0.15) is 0 Å². The lowest BCUT2D eigenvalue weighted by molar-refractivity contribution is 0.0952. The molecule has 1 amide bonds. The molecule has 0 aliphatic rings. The highest BCUT2D eigenvalue weighted by Crippen LogP contribution is 2.22. The van der Waals surface area contributed by atoms with Crippen molar-refractivity contribution in [3.63, 3.8) is 0 Å². The predicted molar refractivity (Wildman–Crippen MR) is 89.3 cm³/mol. The standard InChI is InChI=1S/C18H20ClNO2/c19-17-9-5-4-8-16(17)18(22)20-12-10-15(11-13-21)14-6-2-1-3-7-14/h1-9,15,21H,10-13H2,(H,20,22)/t15-/m1/s1. The van der Waals surface area contributed by atoms with Crippen molar-refractivity contribution in [2.75, 3.05) is 13.2 Å². The Bertz CT molecular complexity index is 601. The molecule has 0 heterocycles. The quantitative estimate of drug-likeness (QED) is 0.819. The maximum atomic E-state index is 12.1. The van der Waals surface area contributed by atoms with Crippen molar-refractivity contribution in [2.24, 2.45) is 0 Å². The molecule has 2 rings (SSSR count). The molecular weight excluding hydrogens is 298 g/mol. The van der Waals surface area contributed by atoms with E-state index in [1.807, 2.05) is 18.2 Å². The fourth-order valence-electron chi connectivity index (χ4n) is 2.46. The molecule has 0 bridgehead atoms. The van der Waals surface area contributed by atoms with Gasteiger partial charge in [-0.25, -0.2) is 0 Å². The molecule has 0 aliphatic heterocycles. The van der Waals surface area contributed by atoms with Crippen molar-refractivity contribution >= 4 is 17.5 Å². The molecule has 2 aromatic rings. The minimum atomic E-state index is -0.165. The lowest BCUT2D eigenvalue weighted by Crippen LogP contribution is -2.26. The van der Waals surface area contributed by atoms with Gasteiger partial charge in [-0.2, -0.15) is 0 Å². The summed E-state index contributed by atoms with van der Waals surface area (Å²) in [5.41, 5.74) is 1.67. The Balaban J connectivity index is 1.91. The molecule has 116 valence electrons. The van der Waals surface area contributed by atoms with E-state index in [2.05, 4.69) is 17.4 Å². The topological polar surface area (TPSA) is 49.3 Å². The van der Waals surface area contributed by atoms with Crippen LogP contribution in [0, 0.1) is 0 Å². The fourth-order valence-corrected chi connectivity index (χ4v) is 2.68. The summed E-state index contributed by atoms with van der Waals surface area (Å²) in [7, 11) is 0.